The quantitative estimate of drug-likeness (QED) is 0.298. The monoisotopic (exact) mass is 550 g/mol. The molecule has 3 aromatic carbocycles. The Morgan fingerprint density at radius 1 is 0.921 bits per heavy atom. The second kappa shape index (κ2) is 12.1. The first kappa shape index (κ1) is 27.1. The molecule has 0 aromatic heterocycles. The summed E-state index contributed by atoms with van der Waals surface area (Å²) in [6.07, 6.45) is 5.02. The van der Waals surface area contributed by atoms with Crippen LogP contribution >= 0.6 is 23.2 Å². The third-order valence-corrected chi connectivity index (χ3v) is 9.08. The van der Waals surface area contributed by atoms with E-state index in [9.17, 15) is 4.79 Å². The summed E-state index contributed by atoms with van der Waals surface area (Å²) < 4.78 is 5.32. The summed E-state index contributed by atoms with van der Waals surface area (Å²) in [5.41, 5.74) is 3.49. The van der Waals surface area contributed by atoms with Crippen molar-refractivity contribution in [2.75, 3.05) is 39.8 Å². The third kappa shape index (κ3) is 6.36. The van der Waals surface area contributed by atoms with Crippen molar-refractivity contribution >= 4 is 29.1 Å². The smallest absolute Gasteiger partial charge is 0.227 e. The van der Waals surface area contributed by atoms with E-state index in [1.165, 1.54) is 30.4 Å². The second-order valence-electron chi connectivity index (χ2n) is 10.9. The highest BCUT2D eigenvalue weighted by atomic mass is 35.5. The largest absolute Gasteiger partial charge is 0.497 e. The van der Waals surface area contributed by atoms with Crippen molar-refractivity contribution in [1.29, 1.82) is 0 Å². The zero-order valence-corrected chi connectivity index (χ0v) is 23.6. The van der Waals surface area contributed by atoms with E-state index in [4.69, 9.17) is 27.9 Å². The van der Waals surface area contributed by atoms with Gasteiger partial charge in [0.25, 0.3) is 0 Å². The Morgan fingerprint density at radius 3 is 2.37 bits per heavy atom. The maximum Gasteiger partial charge on any atom is 0.227 e. The van der Waals surface area contributed by atoms with Gasteiger partial charge in [-0.25, -0.2) is 0 Å². The molecule has 200 valence electrons. The minimum Gasteiger partial charge on any atom is -0.497 e. The molecule has 0 radical (unpaired) electrons. The number of rotatable bonds is 9. The van der Waals surface area contributed by atoms with Gasteiger partial charge in [0.15, 0.2) is 0 Å². The standard InChI is InChI=1S/C32H36Cl2N2O2/c1-38-28-9-5-8-26(19-28)20-31(37)36-22-32(23-36,27-10-11-29(33)30(34)21-27)14-17-35-15-12-25(13-16-35)18-24-6-3-2-4-7-24/h2-11,19,21,25H,12-18,20,22-23H2,1H3. The number of carbonyl (C=O) groups is 1. The van der Waals surface area contributed by atoms with Crippen LogP contribution in [0.4, 0.5) is 0 Å². The van der Waals surface area contributed by atoms with Gasteiger partial charge in [-0.2, -0.15) is 0 Å². The number of amides is 1. The molecule has 0 atom stereocenters. The first-order valence-electron chi connectivity index (χ1n) is 13.6. The van der Waals surface area contributed by atoms with Gasteiger partial charge < -0.3 is 14.5 Å². The average molecular weight is 552 g/mol. The summed E-state index contributed by atoms with van der Waals surface area (Å²) >= 11 is 12.7. The molecule has 2 aliphatic rings. The Balaban J connectivity index is 1.20. The molecule has 2 saturated heterocycles. The van der Waals surface area contributed by atoms with Crippen LogP contribution in [0.3, 0.4) is 0 Å². The number of methoxy groups -OCH3 is 1. The van der Waals surface area contributed by atoms with Gasteiger partial charge >= 0.3 is 0 Å². The minimum absolute atomic E-state index is 0.0981. The van der Waals surface area contributed by atoms with Crippen LogP contribution in [0.1, 0.15) is 36.0 Å². The van der Waals surface area contributed by atoms with Gasteiger partial charge in [-0.15, -0.1) is 0 Å². The number of benzene rings is 3. The molecule has 2 fully saturated rings. The van der Waals surface area contributed by atoms with Crippen molar-refractivity contribution in [2.45, 2.75) is 37.5 Å². The lowest BCUT2D eigenvalue weighted by Gasteiger charge is -2.52. The molecule has 0 saturated carbocycles. The number of likely N-dealkylation sites (tertiary alicyclic amines) is 2. The van der Waals surface area contributed by atoms with Crippen molar-refractivity contribution < 1.29 is 9.53 Å². The van der Waals surface area contributed by atoms with Gasteiger partial charge in [0.2, 0.25) is 5.91 Å². The lowest BCUT2D eigenvalue weighted by atomic mass is 9.70. The predicted octanol–water partition coefficient (Wildman–Crippen LogP) is 6.67. The highest BCUT2D eigenvalue weighted by Crippen LogP contribution is 2.41. The molecule has 1 amide bonds. The maximum absolute atomic E-state index is 13.2. The van der Waals surface area contributed by atoms with E-state index in [1.807, 2.05) is 41.3 Å². The highest BCUT2D eigenvalue weighted by Gasteiger charge is 2.46. The number of hydrogen-bond donors (Lipinski definition) is 0. The first-order valence-corrected chi connectivity index (χ1v) is 14.3. The van der Waals surface area contributed by atoms with Crippen LogP contribution < -0.4 is 4.74 Å². The van der Waals surface area contributed by atoms with Crippen molar-refractivity contribution in [1.82, 2.24) is 9.80 Å². The molecule has 0 aliphatic carbocycles. The van der Waals surface area contributed by atoms with Gasteiger partial charge in [0, 0.05) is 18.5 Å². The molecule has 4 nitrogen and oxygen atoms in total. The average Bonchev–Trinajstić information content (AvgIpc) is 2.91. The van der Waals surface area contributed by atoms with Gasteiger partial charge in [-0.05, 0) is 92.2 Å². The van der Waals surface area contributed by atoms with E-state index < -0.39 is 0 Å². The summed E-state index contributed by atoms with van der Waals surface area (Å²) in [6.45, 7) is 4.70. The topological polar surface area (TPSA) is 32.8 Å². The summed E-state index contributed by atoms with van der Waals surface area (Å²) in [5, 5.41) is 1.14. The predicted molar refractivity (Wildman–Crippen MR) is 155 cm³/mol. The van der Waals surface area contributed by atoms with Crippen LogP contribution in [-0.2, 0) is 23.1 Å². The molecule has 5 rings (SSSR count). The normalized spacial score (nSPS) is 17.7. The van der Waals surface area contributed by atoms with E-state index in [-0.39, 0.29) is 11.3 Å². The zero-order valence-electron chi connectivity index (χ0n) is 22.0. The molecule has 38 heavy (non-hydrogen) atoms. The van der Waals surface area contributed by atoms with E-state index in [0.29, 0.717) is 29.6 Å². The Kier molecular flexibility index (Phi) is 8.62. The highest BCUT2D eigenvalue weighted by molar-refractivity contribution is 6.42. The molecule has 0 bridgehead atoms. The van der Waals surface area contributed by atoms with Gasteiger partial charge in [-0.3, -0.25) is 4.79 Å². The molecule has 0 spiro atoms. The van der Waals surface area contributed by atoms with Crippen molar-refractivity contribution in [3.63, 3.8) is 0 Å². The van der Waals surface area contributed by atoms with E-state index >= 15 is 0 Å². The molecule has 6 heteroatoms. The number of ether oxygens (including phenoxy) is 1. The summed E-state index contributed by atoms with van der Waals surface area (Å²) in [5.74, 6) is 1.68. The number of halogens is 2. The molecular formula is C32H36Cl2N2O2. The van der Waals surface area contributed by atoms with Crippen LogP contribution in [0.5, 0.6) is 5.75 Å². The second-order valence-corrected chi connectivity index (χ2v) is 11.7. The van der Waals surface area contributed by atoms with Crippen LogP contribution in [0.25, 0.3) is 0 Å². The van der Waals surface area contributed by atoms with Crippen LogP contribution in [0.2, 0.25) is 10.0 Å². The Bertz CT molecular complexity index is 1240. The molecule has 2 aliphatic heterocycles. The summed E-state index contributed by atoms with van der Waals surface area (Å²) in [7, 11) is 1.65. The molecule has 2 heterocycles. The lowest BCUT2D eigenvalue weighted by molar-refractivity contribution is -0.138. The first-order chi connectivity index (χ1) is 18.4. The Hall–Kier alpha value is -2.53. The van der Waals surface area contributed by atoms with E-state index in [2.05, 4.69) is 41.3 Å². The SMILES string of the molecule is COc1cccc(CC(=O)N2CC(CCN3CCC(Cc4ccccc4)CC3)(c3ccc(Cl)c(Cl)c3)C2)c1. The fraction of sp³-hybridized carbons (Fsp3) is 0.406. The number of hydrogen-bond acceptors (Lipinski definition) is 3. The van der Waals surface area contributed by atoms with E-state index in [0.717, 1.165) is 43.3 Å². The fourth-order valence-electron chi connectivity index (χ4n) is 5.97. The van der Waals surface area contributed by atoms with Crippen molar-refractivity contribution in [3.8, 4) is 5.75 Å². The molecular weight excluding hydrogens is 515 g/mol. The van der Waals surface area contributed by atoms with E-state index in [1.54, 1.807) is 7.11 Å². The van der Waals surface area contributed by atoms with Gasteiger partial charge in [0.05, 0.1) is 23.6 Å². The minimum atomic E-state index is -0.0981. The molecule has 0 N–H and O–H groups in total. The lowest BCUT2D eigenvalue weighted by Crippen LogP contribution is -2.62. The Morgan fingerprint density at radius 2 is 1.66 bits per heavy atom. The summed E-state index contributed by atoms with van der Waals surface area (Å²) in [6, 6.07) is 24.6. The van der Waals surface area contributed by atoms with Crippen molar-refractivity contribution in [3.05, 3.63) is 99.5 Å². The van der Waals surface area contributed by atoms with Gasteiger partial charge in [-0.1, -0.05) is 71.7 Å². The van der Waals surface area contributed by atoms with Crippen LogP contribution in [0, 0.1) is 5.92 Å². The zero-order chi connectivity index (χ0) is 26.5. The van der Waals surface area contributed by atoms with Crippen LogP contribution in [0.15, 0.2) is 72.8 Å². The van der Waals surface area contributed by atoms with Crippen molar-refractivity contribution in [2.24, 2.45) is 5.92 Å². The molecule has 3 aromatic rings. The summed E-state index contributed by atoms with van der Waals surface area (Å²) in [4.78, 5) is 17.7. The number of nitrogens with zero attached hydrogens (tertiary/aromatic N) is 2. The third-order valence-electron chi connectivity index (χ3n) is 8.34. The number of carbonyl (C=O) groups excluding carboxylic acids is 1. The maximum atomic E-state index is 13.2. The molecule has 0 unspecified atom stereocenters. The Labute approximate surface area is 236 Å². The fourth-order valence-corrected chi connectivity index (χ4v) is 6.27. The number of piperidine rings is 1. The van der Waals surface area contributed by atoms with Crippen LogP contribution in [-0.4, -0.2) is 55.5 Å². The van der Waals surface area contributed by atoms with Gasteiger partial charge in [0.1, 0.15) is 5.75 Å².